The Balaban J connectivity index is 0.00000324. The van der Waals surface area contributed by atoms with Crippen LogP contribution >= 0.6 is 24.0 Å². The number of likely N-dealkylation sites (tertiary alicyclic amines) is 1. The summed E-state index contributed by atoms with van der Waals surface area (Å²) in [4.78, 5) is 17.9. The molecule has 1 atom stereocenters. The number of piperidine rings is 1. The number of guanidine groups is 1. The molecule has 0 aliphatic carbocycles. The lowest BCUT2D eigenvalue weighted by molar-refractivity contribution is -0.121. The van der Waals surface area contributed by atoms with Crippen molar-refractivity contribution in [2.24, 2.45) is 10.7 Å². The highest BCUT2D eigenvalue weighted by molar-refractivity contribution is 14.0. The van der Waals surface area contributed by atoms with E-state index in [2.05, 4.69) is 22.1 Å². The van der Waals surface area contributed by atoms with Crippen molar-refractivity contribution < 1.29 is 4.79 Å². The average Bonchev–Trinajstić information content (AvgIpc) is 2.39. The Morgan fingerprint density at radius 2 is 2.00 bits per heavy atom. The monoisotopic (exact) mass is 382 g/mol. The average molecular weight is 382 g/mol. The van der Waals surface area contributed by atoms with E-state index in [0.717, 1.165) is 19.5 Å². The fourth-order valence-corrected chi connectivity index (χ4v) is 1.94. The summed E-state index contributed by atoms with van der Waals surface area (Å²) in [6.45, 7) is 6.52. The van der Waals surface area contributed by atoms with Crippen LogP contribution in [0.1, 0.15) is 46.0 Å². The van der Waals surface area contributed by atoms with Crippen LogP contribution in [0, 0.1) is 0 Å². The molecular weight excluding hydrogens is 355 g/mol. The van der Waals surface area contributed by atoms with Crippen molar-refractivity contribution in [3.05, 3.63) is 0 Å². The molecule has 1 aliphatic rings. The number of amides is 1. The Kier molecular flexibility index (Phi) is 9.99. The number of hydrogen-bond donors (Lipinski definition) is 2. The summed E-state index contributed by atoms with van der Waals surface area (Å²) in [6, 6.07) is 0.237. The van der Waals surface area contributed by atoms with E-state index in [1.807, 2.05) is 6.92 Å². The normalized spacial score (nSPS) is 17.6. The van der Waals surface area contributed by atoms with Crippen molar-refractivity contribution in [2.75, 3.05) is 19.6 Å². The first-order valence-electron chi connectivity index (χ1n) is 6.97. The minimum Gasteiger partial charge on any atom is -0.370 e. The van der Waals surface area contributed by atoms with E-state index in [9.17, 15) is 4.79 Å². The molecular formula is C13H27IN4O. The summed E-state index contributed by atoms with van der Waals surface area (Å²) in [5, 5.41) is 2.92. The third-order valence-corrected chi connectivity index (χ3v) is 3.31. The first-order chi connectivity index (χ1) is 8.63. The molecule has 0 radical (unpaired) electrons. The van der Waals surface area contributed by atoms with E-state index >= 15 is 0 Å². The molecule has 1 heterocycles. The van der Waals surface area contributed by atoms with Crippen LogP contribution in [-0.2, 0) is 4.79 Å². The lowest BCUT2D eigenvalue weighted by Crippen LogP contribution is -2.41. The summed E-state index contributed by atoms with van der Waals surface area (Å²) in [5.74, 6) is 0.644. The van der Waals surface area contributed by atoms with Gasteiger partial charge in [0.1, 0.15) is 0 Å². The SMILES string of the molecule is CCC(C)NC(=O)CCN=C(N)N1CCCCC1.I. The van der Waals surface area contributed by atoms with Gasteiger partial charge in [-0.25, -0.2) is 0 Å². The summed E-state index contributed by atoms with van der Waals surface area (Å²) >= 11 is 0. The molecule has 3 N–H and O–H groups in total. The number of aliphatic imine (C=N–C) groups is 1. The Morgan fingerprint density at radius 1 is 1.37 bits per heavy atom. The fourth-order valence-electron chi connectivity index (χ4n) is 1.94. The minimum atomic E-state index is 0. The molecule has 0 bridgehead atoms. The highest BCUT2D eigenvalue weighted by Crippen LogP contribution is 2.07. The predicted octanol–water partition coefficient (Wildman–Crippen LogP) is 1.71. The quantitative estimate of drug-likeness (QED) is 0.432. The van der Waals surface area contributed by atoms with E-state index < -0.39 is 0 Å². The Labute approximate surface area is 133 Å². The van der Waals surface area contributed by atoms with Gasteiger partial charge >= 0.3 is 0 Å². The number of nitrogens with two attached hydrogens (primary N) is 1. The smallest absolute Gasteiger partial charge is 0.222 e. The summed E-state index contributed by atoms with van der Waals surface area (Å²) in [6.07, 6.45) is 5.01. The second kappa shape index (κ2) is 10.3. The van der Waals surface area contributed by atoms with Gasteiger partial charge in [0, 0.05) is 25.6 Å². The second-order valence-corrected chi connectivity index (χ2v) is 4.91. The van der Waals surface area contributed by atoms with Crippen LogP contribution in [0.15, 0.2) is 4.99 Å². The highest BCUT2D eigenvalue weighted by atomic mass is 127. The maximum atomic E-state index is 11.5. The van der Waals surface area contributed by atoms with E-state index in [0.29, 0.717) is 18.9 Å². The lowest BCUT2D eigenvalue weighted by atomic mass is 10.1. The largest absolute Gasteiger partial charge is 0.370 e. The molecule has 1 unspecified atom stereocenters. The number of carbonyl (C=O) groups is 1. The third kappa shape index (κ3) is 7.59. The topological polar surface area (TPSA) is 70.7 Å². The summed E-state index contributed by atoms with van der Waals surface area (Å²) < 4.78 is 0. The molecule has 0 saturated carbocycles. The molecule has 1 aliphatic heterocycles. The molecule has 0 aromatic rings. The van der Waals surface area contributed by atoms with Crippen LogP contribution in [0.5, 0.6) is 0 Å². The zero-order chi connectivity index (χ0) is 13.4. The molecule has 0 spiro atoms. The first-order valence-corrected chi connectivity index (χ1v) is 6.97. The first kappa shape index (κ1) is 18.5. The Hall–Kier alpha value is -0.530. The maximum Gasteiger partial charge on any atom is 0.222 e. The molecule has 0 aromatic heterocycles. The Morgan fingerprint density at radius 3 is 2.58 bits per heavy atom. The van der Waals surface area contributed by atoms with Crippen molar-refractivity contribution in [3.8, 4) is 0 Å². The van der Waals surface area contributed by atoms with Gasteiger partial charge in [-0.2, -0.15) is 0 Å². The number of halogens is 1. The molecule has 1 saturated heterocycles. The number of nitrogens with one attached hydrogen (secondary N) is 1. The minimum absolute atomic E-state index is 0. The number of rotatable bonds is 5. The highest BCUT2D eigenvalue weighted by Gasteiger charge is 2.11. The van der Waals surface area contributed by atoms with Crippen molar-refractivity contribution in [3.63, 3.8) is 0 Å². The van der Waals surface area contributed by atoms with Gasteiger partial charge < -0.3 is 16.0 Å². The molecule has 1 fully saturated rings. The van der Waals surface area contributed by atoms with Gasteiger partial charge in [-0.15, -0.1) is 24.0 Å². The van der Waals surface area contributed by atoms with Crippen LogP contribution < -0.4 is 11.1 Å². The second-order valence-electron chi connectivity index (χ2n) is 4.91. The van der Waals surface area contributed by atoms with Crippen molar-refractivity contribution in [1.29, 1.82) is 0 Å². The van der Waals surface area contributed by atoms with Crippen LogP contribution in [0.4, 0.5) is 0 Å². The number of hydrogen-bond acceptors (Lipinski definition) is 2. The van der Waals surface area contributed by atoms with Gasteiger partial charge in [-0.1, -0.05) is 6.92 Å². The van der Waals surface area contributed by atoms with E-state index in [-0.39, 0.29) is 35.9 Å². The Bertz CT molecular complexity index is 290. The van der Waals surface area contributed by atoms with Gasteiger partial charge in [0.05, 0.1) is 6.54 Å². The van der Waals surface area contributed by atoms with Crippen molar-refractivity contribution in [2.45, 2.75) is 52.0 Å². The molecule has 19 heavy (non-hydrogen) atoms. The maximum absolute atomic E-state index is 11.5. The predicted molar refractivity (Wildman–Crippen MR) is 89.8 cm³/mol. The standard InChI is InChI=1S/C13H26N4O.HI/c1-3-11(2)16-12(18)7-8-15-13(14)17-9-5-4-6-10-17;/h11H,3-10H2,1-2H3,(H2,14,15)(H,16,18);1H. The van der Waals surface area contributed by atoms with Crippen LogP contribution in [0.2, 0.25) is 0 Å². The van der Waals surface area contributed by atoms with Gasteiger partial charge in [-0.3, -0.25) is 9.79 Å². The zero-order valence-corrected chi connectivity index (χ0v) is 14.4. The van der Waals surface area contributed by atoms with E-state index in [1.54, 1.807) is 0 Å². The molecule has 1 rings (SSSR count). The fraction of sp³-hybridized carbons (Fsp3) is 0.846. The number of carbonyl (C=O) groups excluding carboxylic acids is 1. The summed E-state index contributed by atoms with van der Waals surface area (Å²) in [7, 11) is 0. The molecule has 6 heteroatoms. The van der Waals surface area contributed by atoms with Gasteiger partial charge in [0.25, 0.3) is 0 Å². The van der Waals surface area contributed by atoms with Crippen LogP contribution in [0.25, 0.3) is 0 Å². The molecule has 5 nitrogen and oxygen atoms in total. The van der Waals surface area contributed by atoms with Gasteiger partial charge in [0.2, 0.25) is 5.91 Å². The van der Waals surface area contributed by atoms with Crippen molar-refractivity contribution in [1.82, 2.24) is 10.2 Å². The van der Waals surface area contributed by atoms with E-state index in [1.165, 1.54) is 19.3 Å². The number of nitrogens with zero attached hydrogens (tertiary/aromatic N) is 2. The van der Waals surface area contributed by atoms with Crippen LogP contribution in [-0.4, -0.2) is 42.4 Å². The van der Waals surface area contributed by atoms with Gasteiger partial charge in [-0.05, 0) is 32.6 Å². The summed E-state index contributed by atoms with van der Waals surface area (Å²) in [5.41, 5.74) is 5.91. The lowest BCUT2D eigenvalue weighted by Gasteiger charge is -2.27. The molecule has 112 valence electrons. The molecule has 1 amide bonds. The zero-order valence-electron chi connectivity index (χ0n) is 12.0. The van der Waals surface area contributed by atoms with E-state index in [4.69, 9.17) is 5.73 Å². The molecule has 0 aromatic carbocycles. The third-order valence-electron chi connectivity index (χ3n) is 3.31. The van der Waals surface area contributed by atoms with Gasteiger partial charge in [0.15, 0.2) is 5.96 Å². The van der Waals surface area contributed by atoms with Crippen molar-refractivity contribution >= 4 is 35.8 Å². The van der Waals surface area contributed by atoms with Crippen LogP contribution in [0.3, 0.4) is 0 Å².